The molecule has 1 aromatic carbocycles. The summed E-state index contributed by atoms with van der Waals surface area (Å²) >= 11 is 0. The lowest BCUT2D eigenvalue weighted by atomic mass is 9.90. The van der Waals surface area contributed by atoms with E-state index in [0.29, 0.717) is 24.8 Å². The van der Waals surface area contributed by atoms with Crippen molar-refractivity contribution in [1.29, 1.82) is 0 Å². The van der Waals surface area contributed by atoms with E-state index in [9.17, 15) is 19.8 Å². The van der Waals surface area contributed by atoms with Crippen LogP contribution in [0.5, 0.6) is 17.2 Å². The third kappa shape index (κ3) is 6.41. The normalized spacial score (nSPS) is 11.8. The Hall–Kier alpha value is -2.70. The molecule has 1 aromatic rings. The van der Waals surface area contributed by atoms with Gasteiger partial charge in [-0.25, -0.2) is 9.59 Å². The minimum Gasteiger partial charge on any atom is -0.502 e. The van der Waals surface area contributed by atoms with Gasteiger partial charge < -0.3 is 24.4 Å². The molecule has 0 aromatic heterocycles. The third-order valence-electron chi connectivity index (χ3n) is 5.10. The minimum absolute atomic E-state index is 0.102. The summed E-state index contributed by atoms with van der Waals surface area (Å²) in [7, 11) is 2.73. The van der Waals surface area contributed by atoms with Crippen molar-refractivity contribution in [2.45, 2.75) is 64.9 Å². The number of phenolic OH excluding ortho intramolecular Hbond substituents is 1. The zero-order chi connectivity index (χ0) is 22.0. The highest BCUT2D eigenvalue weighted by Crippen LogP contribution is 2.38. The van der Waals surface area contributed by atoms with Crippen LogP contribution in [0.2, 0.25) is 0 Å². The number of ether oxygens (including phenoxy) is 3. The van der Waals surface area contributed by atoms with Gasteiger partial charge in [0.25, 0.3) is 0 Å². The number of aromatic hydroxyl groups is 1. The summed E-state index contributed by atoms with van der Waals surface area (Å²) in [5.41, 5.74) is -0.859. The summed E-state index contributed by atoms with van der Waals surface area (Å²) < 4.78 is 15.9. The predicted octanol–water partition coefficient (Wildman–Crippen LogP) is 4.56. The summed E-state index contributed by atoms with van der Waals surface area (Å²) in [4.78, 5) is 24.5. The van der Waals surface area contributed by atoms with E-state index in [0.717, 1.165) is 19.3 Å². The molecule has 0 radical (unpaired) electrons. The Morgan fingerprint density at radius 2 is 1.59 bits per heavy atom. The lowest BCUT2D eigenvalue weighted by Crippen LogP contribution is -2.35. The Morgan fingerprint density at radius 3 is 2.00 bits per heavy atom. The van der Waals surface area contributed by atoms with Gasteiger partial charge in [0, 0.05) is 0 Å². The molecule has 29 heavy (non-hydrogen) atoms. The van der Waals surface area contributed by atoms with Crippen molar-refractivity contribution in [3.63, 3.8) is 0 Å². The second-order valence-electron chi connectivity index (χ2n) is 6.87. The zero-order valence-electron chi connectivity index (χ0n) is 17.9. The van der Waals surface area contributed by atoms with Crippen LogP contribution < -0.4 is 9.47 Å². The van der Waals surface area contributed by atoms with Crippen molar-refractivity contribution < 1.29 is 34.0 Å². The van der Waals surface area contributed by atoms with Crippen molar-refractivity contribution in [3.8, 4) is 17.2 Å². The maximum Gasteiger partial charge on any atom is 0.346 e. The summed E-state index contributed by atoms with van der Waals surface area (Å²) in [6, 6.07) is 2.84. The number of benzene rings is 1. The Morgan fingerprint density at radius 1 is 1.03 bits per heavy atom. The number of esters is 1. The molecule has 0 heterocycles. The number of rotatable bonds is 12. The molecule has 0 amide bonds. The van der Waals surface area contributed by atoms with Crippen molar-refractivity contribution in [3.05, 3.63) is 23.3 Å². The van der Waals surface area contributed by atoms with Gasteiger partial charge in [-0.15, -0.1) is 0 Å². The Labute approximate surface area is 172 Å². The molecule has 7 nitrogen and oxygen atoms in total. The molecule has 0 aliphatic heterocycles. The first-order valence-corrected chi connectivity index (χ1v) is 9.90. The van der Waals surface area contributed by atoms with Crippen LogP contribution >= 0.6 is 0 Å². The highest BCUT2D eigenvalue weighted by Gasteiger charge is 2.33. The number of carbonyl (C=O) groups is 2. The number of phenols is 1. The average molecular weight is 408 g/mol. The van der Waals surface area contributed by atoms with Gasteiger partial charge in [0.15, 0.2) is 11.5 Å². The lowest BCUT2D eigenvalue weighted by molar-refractivity contribution is -0.158. The van der Waals surface area contributed by atoms with Crippen LogP contribution in [0.15, 0.2) is 17.7 Å². The smallest absolute Gasteiger partial charge is 0.346 e. The molecular formula is C22H32O7. The fraction of sp³-hybridized carbons (Fsp3) is 0.545. The summed E-state index contributed by atoms with van der Waals surface area (Å²) in [6.45, 7) is 5.96. The number of hydrogen-bond acceptors (Lipinski definition) is 6. The monoisotopic (exact) mass is 408 g/mol. The van der Waals surface area contributed by atoms with Crippen LogP contribution in [0, 0.1) is 0 Å². The predicted molar refractivity (Wildman–Crippen MR) is 110 cm³/mol. The fourth-order valence-corrected chi connectivity index (χ4v) is 3.12. The van der Waals surface area contributed by atoms with E-state index in [1.165, 1.54) is 32.4 Å². The SMILES string of the molecule is CCCCCC(CC)(CC)OC(=O)/C(=C\c1cc(OC)c(O)c(OC)c1)C(=O)O. The molecule has 0 saturated carbocycles. The van der Waals surface area contributed by atoms with E-state index < -0.39 is 23.1 Å². The summed E-state index contributed by atoms with van der Waals surface area (Å²) in [5, 5.41) is 19.6. The molecule has 0 unspecified atom stereocenters. The van der Waals surface area contributed by atoms with Crippen LogP contribution in [0.3, 0.4) is 0 Å². The number of unbranched alkanes of at least 4 members (excludes halogenated alkanes) is 2. The van der Waals surface area contributed by atoms with Crippen LogP contribution in [0.25, 0.3) is 6.08 Å². The van der Waals surface area contributed by atoms with Gasteiger partial charge in [0.1, 0.15) is 11.2 Å². The van der Waals surface area contributed by atoms with E-state index in [1.807, 2.05) is 13.8 Å². The van der Waals surface area contributed by atoms with Crippen molar-refractivity contribution in [2.75, 3.05) is 14.2 Å². The van der Waals surface area contributed by atoms with Crippen molar-refractivity contribution in [2.24, 2.45) is 0 Å². The second-order valence-corrected chi connectivity index (χ2v) is 6.87. The molecule has 0 spiro atoms. The van der Waals surface area contributed by atoms with Gasteiger partial charge >= 0.3 is 11.9 Å². The maximum absolute atomic E-state index is 12.7. The number of methoxy groups -OCH3 is 2. The molecule has 1 rings (SSSR count). The molecule has 0 saturated heterocycles. The number of hydrogen-bond donors (Lipinski definition) is 2. The van der Waals surface area contributed by atoms with Crippen molar-refractivity contribution in [1.82, 2.24) is 0 Å². The van der Waals surface area contributed by atoms with E-state index in [1.54, 1.807) is 0 Å². The number of aliphatic carboxylic acids is 1. The Bertz CT molecular complexity index is 708. The zero-order valence-corrected chi connectivity index (χ0v) is 17.9. The second kappa shape index (κ2) is 11.3. The van der Waals surface area contributed by atoms with Crippen molar-refractivity contribution >= 4 is 18.0 Å². The van der Waals surface area contributed by atoms with Gasteiger partial charge in [-0.3, -0.25) is 0 Å². The van der Waals surface area contributed by atoms with Gasteiger partial charge in [0.05, 0.1) is 14.2 Å². The third-order valence-corrected chi connectivity index (χ3v) is 5.10. The molecule has 0 aliphatic carbocycles. The Kier molecular flexibility index (Phi) is 9.51. The van der Waals surface area contributed by atoms with E-state index in [2.05, 4.69) is 6.92 Å². The minimum atomic E-state index is -1.39. The van der Waals surface area contributed by atoms with Gasteiger partial charge in [0.2, 0.25) is 5.75 Å². The van der Waals surface area contributed by atoms with E-state index in [4.69, 9.17) is 14.2 Å². The van der Waals surface area contributed by atoms with E-state index in [-0.39, 0.29) is 17.2 Å². The first kappa shape index (κ1) is 24.3. The largest absolute Gasteiger partial charge is 0.502 e. The number of carboxylic acid groups (broad SMARTS) is 1. The van der Waals surface area contributed by atoms with Crippen LogP contribution in [-0.4, -0.2) is 42.0 Å². The molecule has 7 heteroatoms. The van der Waals surface area contributed by atoms with E-state index >= 15 is 0 Å². The first-order chi connectivity index (χ1) is 13.8. The fourth-order valence-electron chi connectivity index (χ4n) is 3.12. The quantitative estimate of drug-likeness (QED) is 0.172. The van der Waals surface area contributed by atoms with Crippen LogP contribution in [0.1, 0.15) is 64.9 Å². The van der Waals surface area contributed by atoms with Gasteiger partial charge in [-0.1, -0.05) is 33.6 Å². The number of carbonyl (C=O) groups excluding carboxylic acids is 1. The lowest BCUT2D eigenvalue weighted by Gasteiger charge is -2.31. The average Bonchev–Trinajstić information content (AvgIpc) is 2.71. The molecule has 0 atom stereocenters. The highest BCUT2D eigenvalue weighted by molar-refractivity contribution is 6.17. The summed E-state index contributed by atoms with van der Waals surface area (Å²) in [6.07, 6.45) is 6.06. The highest BCUT2D eigenvalue weighted by atomic mass is 16.6. The maximum atomic E-state index is 12.7. The molecule has 0 bridgehead atoms. The molecule has 0 aliphatic rings. The standard InChI is InChI=1S/C22H32O7/c1-6-9-10-11-22(7-2,8-3)29-21(26)16(20(24)25)12-15-13-17(27-4)19(23)18(14-15)28-5/h12-14,23H,6-11H2,1-5H3,(H,24,25)/b16-12-. The molecular weight excluding hydrogens is 376 g/mol. The van der Waals surface area contributed by atoms with Gasteiger partial charge in [-0.05, 0) is 49.5 Å². The van der Waals surface area contributed by atoms with Crippen LogP contribution in [0.4, 0.5) is 0 Å². The Balaban J connectivity index is 3.25. The topological polar surface area (TPSA) is 102 Å². The molecule has 162 valence electrons. The van der Waals surface area contributed by atoms with Crippen LogP contribution in [-0.2, 0) is 14.3 Å². The molecule has 0 fully saturated rings. The first-order valence-electron chi connectivity index (χ1n) is 9.90. The number of carboxylic acids is 1. The molecule has 2 N–H and O–H groups in total. The summed E-state index contributed by atoms with van der Waals surface area (Å²) in [5.74, 6) is -2.28. The van der Waals surface area contributed by atoms with Gasteiger partial charge in [-0.2, -0.15) is 0 Å².